The number of aromatic nitrogens is 1. The summed E-state index contributed by atoms with van der Waals surface area (Å²) in [7, 11) is 1.63. The Balaban J connectivity index is 2.16. The molecule has 2 heterocycles. The molecule has 118 valence electrons. The smallest absolute Gasteiger partial charge is 0.255 e. The van der Waals surface area contributed by atoms with Crippen LogP contribution in [0.3, 0.4) is 0 Å². The lowest BCUT2D eigenvalue weighted by Crippen LogP contribution is -2.30. The largest absolute Gasteiger partial charge is 0.337 e. The van der Waals surface area contributed by atoms with Crippen molar-refractivity contribution in [3.05, 3.63) is 34.2 Å². The fraction of sp³-hybridized carbons (Fsp3) is 0.588. The number of rotatable bonds is 2. The molecule has 5 nitrogen and oxygen atoms in total. The molecule has 1 amide bonds. The van der Waals surface area contributed by atoms with Crippen molar-refractivity contribution >= 4 is 5.91 Å². The van der Waals surface area contributed by atoms with Gasteiger partial charge in [0.05, 0.1) is 17.6 Å². The quantitative estimate of drug-likeness (QED) is 0.839. The summed E-state index contributed by atoms with van der Waals surface area (Å²) in [6.07, 6.45) is 2.48. The molecule has 1 aliphatic rings. The molecule has 2 rings (SSSR count). The number of carbonyl (C=O) groups excluding carboxylic acids is 1. The normalized spacial score (nSPS) is 21.7. The molecule has 0 saturated carbocycles. The van der Waals surface area contributed by atoms with E-state index in [1.807, 2.05) is 0 Å². The highest BCUT2D eigenvalue weighted by atomic mass is 16.2. The van der Waals surface area contributed by atoms with Crippen LogP contribution >= 0.6 is 0 Å². The Bertz CT molecular complexity index is 664. The number of hydrogen-bond acceptors (Lipinski definition) is 3. The van der Waals surface area contributed by atoms with E-state index >= 15 is 0 Å². The van der Waals surface area contributed by atoms with E-state index in [0.29, 0.717) is 18.7 Å². The molecule has 0 N–H and O–H groups in total. The summed E-state index contributed by atoms with van der Waals surface area (Å²) in [6.45, 7) is 7.53. The van der Waals surface area contributed by atoms with Crippen molar-refractivity contribution in [3.8, 4) is 6.07 Å². The van der Waals surface area contributed by atoms with Gasteiger partial charge in [0.15, 0.2) is 0 Å². The third kappa shape index (κ3) is 3.56. The number of amides is 1. The molecule has 1 aliphatic heterocycles. The molecule has 1 saturated heterocycles. The number of pyridine rings is 1. The van der Waals surface area contributed by atoms with E-state index in [-0.39, 0.29) is 28.7 Å². The van der Waals surface area contributed by atoms with Gasteiger partial charge in [0.2, 0.25) is 5.56 Å². The van der Waals surface area contributed by atoms with Crippen LogP contribution in [0.25, 0.3) is 0 Å². The van der Waals surface area contributed by atoms with Crippen molar-refractivity contribution in [2.45, 2.75) is 27.2 Å². The van der Waals surface area contributed by atoms with Crippen LogP contribution in [0, 0.1) is 28.6 Å². The van der Waals surface area contributed by atoms with E-state index < -0.39 is 0 Å². The average molecular weight is 301 g/mol. The second-order valence-corrected chi connectivity index (χ2v) is 7.34. The maximum atomic E-state index is 12.6. The minimum absolute atomic E-state index is 0.104. The fourth-order valence-corrected chi connectivity index (χ4v) is 3.08. The van der Waals surface area contributed by atoms with E-state index in [2.05, 4.69) is 26.8 Å². The topological polar surface area (TPSA) is 66.1 Å². The first-order valence-electron chi connectivity index (χ1n) is 7.57. The van der Waals surface area contributed by atoms with Crippen molar-refractivity contribution in [1.82, 2.24) is 9.47 Å². The van der Waals surface area contributed by atoms with Gasteiger partial charge in [-0.3, -0.25) is 9.59 Å². The van der Waals surface area contributed by atoms with E-state index in [1.165, 1.54) is 10.6 Å². The highest BCUT2D eigenvalue weighted by Gasteiger charge is 2.37. The van der Waals surface area contributed by atoms with Gasteiger partial charge in [-0.15, -0.1) is 0 Å². The Kier molecular flexibility index (Phi) is 4.41. The average Bonchev–Trinajstić information content (AvgIpc) is 2.81. The van der Waals surface area contributed by atoms with Gasteiger partial charge >= 0.3 is 0 Å². The third-order valence-corrected chi connectivity index (χ3v) is 4.10. The highest BCUT2D eigenvalue weighted by Crippen LogP contribution is 2.34. The lowest BCUT2D eigenvalue weighted by Gasteiger charge is -2.24. The number of hydrogen-bond donors (Lipinski definition) is 0. The van der Waals surface area contributed by atoms with Crippen molar-refractivity contribution in [1.29, 1.82) is 5.26 Å². The van der Waals surface area contributed by atoms with Gasteiger partial charge < -0.3 is 9.47 Å². The monoisotopic (exact) mass is 301 g/mol. The van der Waals surface area contributed by atoms with E-state index in [0.717, 1.165) is 6.42 Å². The third-order valence-electron chi connectivity index (χ3n) is 4.10. The van der Waals surface area contributed by atoms with Crippen molar-refractivity contribution in [2.24, 2.45) is 24.3 Å². The Morgan fingerprint density at radius 3 is 2.59 bits per heavy atom. The number of nitriles is 1. The number of carbonyl (C=O) groups is 1. The van der Waals surface area contributed by atoms with Crippen LogP contribution in [0.5, 0.6) is 0 Å². The van der Waals surface area contributed by atoms with Crippen LogP contribution in [-0.4, -0.2) is 28.5 Å². The van der Waals surface area contributed by atoms with Crippen LogP contribution in [-0.2, 0) is 7.05 Å². The minimum Gasteiger partial charge on any atom is -0.337 e. The Morgan fingerprint density at radius 1 is 1.36 bits per heavy atom. The van der Waals surface area contributed by atoms with Gasteiger partial charge in [0.25, 0.3) is 5.91 Å². The summed E-state index contributed by atoms with van der Waals surface area (Å²) in [6, 6.07) is 5.30. The molecule has 22 heavy (non-hydrogen) atoms. The van der Waals surface area contributed by atoms with E-state index in [1.54, 1.807) is 24.2 Å². The van der Waals surface area contributed by atoms with Gasteiger partial charge in [0.1, 0.15) is 0 Å². The Hall–Kier alpha value is -2.09. The van der Waals surface area contributed by atoms with Crippen LogP contribution in [0.4, 0.5) is 0 Å². The van der Waals surface area contributed by atoms with E-state index in [4.69, 9.17) is 0 Å². The second-order valence-electron chi connectivity index (χ2n) is 7.34. The van der Waals surface area contributed by atoms with Gasteiger partial charge in [-0.05, 0) is 23.8 Å². The molecule has 0 aromatic carbocycles. The molecule has 0 aliphatic carbocycles. The number of nitrogens with zero attached hydrogens (tertiary/aromatic N) is 3. The summed E-state index contributed by atoms with van der Waals surface area (Å²) in [5, 5.41) is 9.35. The predicted octanol–water partition coefficient (Wildman–Crippen LogP) is 2.03. The molecule has 0 radical (unpaired) electrons. The molecule has 2 atom stereocenters. The zero-order valence-electron chi connectivity index (χ0n) is 13.7. The first-order chi connectivity index (χ1) is 10.2. The van der Waals surface area contributed by atoms with Crippen molar-refractivity contribution in [2.75, 3.05) is 13.1 Å². The lowest BCUT2D eigenvalue weighted by molar-refractivity contribution is 0.0781. The molecule has 1 aromatic heterocycles. The molecule has 2 unspecified atom stereocenters. The Morgan fingerprint density at radius 2 is 2.05 bits per heavy atom. The summed E-state index contributed by atoms with van der Waals surface area (Å²) in [5.41, 5.74) is 0.490. The van der Waals surface area contributed by atoms with Gasteiger partial charge in [-0.2, -0.15) is 5.26 Å². The van der Waals surface area contributed by atoms with Gasteiger partial charge in [-0.1, -0.05) is 20.8 Å². The van der Waals surface area contributed by atoms with Gasteiger partial charge in [0, 0.05) is 32.4 Å². The molecule has 0 spiro atoms. The summed E-state index contributed by atoms with van der Waals surface area (Å²) in [5.74, 6) is -0.00977. The predicted molar refractivity (Wildman–Crippen MR) is 84.3 cm³/mol. The standard InChI is InChI=1S/C17H23N3O2/c1-17(2,3)7-13-10-20(11-14(13)8-18)16(22)12-5-6-15(21)19(4)9-12/h5-6,9,13-14H,7,10-11H2,1-4H3. The maximum Gasteiger partial charge on any atom is 0.255 e. The number of aryl methyl sites for hydroxylation is 1. The van der Waals surface area contributed by atoms with Crippen LogP contribution in [0.2, 0.25) is 0 Å². The summed E-state index contributed by atoms with van der Waals surface area (Å²) in [4.78, 5) is 25.7. The van der Waals surface area contributed by atoms with E-state index in [9.17, 15) is 14.9 Å². The number of likely N-dealkylation sites (tertiary alicyclic amines) is 1. The zero-order chi connectivity index (χ0) is 16.5. The molecule has 0 bridgehead atoms. The Labute approximate surface area is 131 Å². The fourth-order valence-electron chi connectivity index (χ4n) is 3.08. The summed E-state index contributed by atoms with van der Waals surface area (Å²) >= 11 is 0. The van der Waals surface area contributed by atoms with Crippen molar-refractivity contribution < 1.29 is 4.79 Å². The first-order valence-corrected chi connectivity index (χ1v) is 7.57. The molecular weight excluding hydrogens is 278 g/mol. The maximum absolute atomic E-state index is 12.6. The second kappa shape index (κ2) is 5.96. The molecular formula is C17H23N3O2. The SMILES string of the molecule is Cn1cc(C(=O)N2CC(C#N)C(CC(C)(C)C)C2)ccc1=O. The van der Waals surface area contributed by atoms with Crippen LogP contribution in [0.15, 0.2) is 23.1 Å². The van der Waals surface area contributed by atoms with Crippen molar-refractivity contribution in [3.63, 3.8) is 0 Å². The molecule has 5 heteroatoms. The molecule has 1 fully saturated rings. The van der Waals surface area contributed by atoms with Crippen LogP contribution in [0.1, 0.15) is 37.6 Å². The summed E-state index contributed by atoms with van der Waals surface area (Å²) < 4.78 is 1.40. The minimum atomic E-state index is -0.140. The highest BCUT2D eigenvalue weighted by molar-refractivity contribution is 5.94. The molecule has 1 aromatic rings. The zero-order valence-corrected chi connectivity index (χ0v) is 13.7. The lowest BCUT2D eigenvalue weighted by atomic mass is 9.80. The first kappa shape index (κ1) is 16.3. The van der Waals surface area contributed by atoms with Gasteiger partial charge in [-0.25, -0.2) is 0 Å². The van der Waals surface area contributed by atoms with Crippen LogP contribution < -0.4 is 5.56 Å².